The van der Waals surface area contributed by atoms with Crippen LogP contribution < -0.4 is 16.4 Å². The van der Waals surface area contributed by atoms with E-state index in [-0.39, 0.29) is 24.3 Å². The molecule has 1 heterocycles. The fourth-order valence-electron chi connectivity index (χ4n) is 1.86. The summed E-state index contributed by atoms with van der Waals surface area (Å²) in [5.74, 6) is 2.62. The van der Waals surface area contributed by atoms with Crippen LogP contribution >= 0.6 is 11.8 Å². The van der Waals surface area contributed by atoms with E-state index in [1.807, 2.05) is 25.6 Å². The molecule has 0 aromatic heterocycles. The zero-order valence-corrected chi connectivity index (χ0v) is 12.6. The van der Waals surface area contributed by atoms with E-state index in [2.05, 4.69) is 10.6 Å². The lowest BCUT2D eigenvalue weighted by Crippen LogP contribution is -2.47. The lowest BCUT2D eigenvalue weighted by atomic mass is 10.0. The fourth-order valence-corrected chi connectivity index (χ4v) is 3.06. The minimum absolute atomic E-state index is 0.0146. The smallest absolute Gasteiger partial charge is 0.239 e. The molecule has 0 spiro atoms. The van der Waals surface area contributed by atoms with Crippen molar-refractivity contribution < 1.29 is 9.59 Å². The van der Waals surface area contributed by atoms with Crippen molar-refractivity contribution in [3.8, 4) is 0 Å². The molecule has 1 aliphatic rings. The highest BCUT2D eigenvalue weighted by molar-refractivity contribution is 7.99. The number of thioether (sulfide) groups is 1. The van der Waals surface area contributed by atoms with Crippen molar-refractivity contribution >= 4 is 23.6 Å². The first kappa shape index (κ1) is 16.3. The normalized spacial score (nSPS) is 18.1. The number of rotatable bonds is 6. The summed E-state index contributed by atoms with van der Waals surface area (Å²) in [7, 11) is 0. The topological polar surface area (TPSA) is 84.2 Å². The van der Waals surface area contributed by atoms with Gasteiger partial charge in [-0.15, -0.1) is 0 Å². The minimum atomic E-state index is -0.553. The first-order valence-electron chi connectivity index (χ1n) is 6.88. The van der Waals surface area contributed by atoms with Crippen LogP contribution in [-0.2, 0) is 9.59 Å². The van der Waals surface area contributed by atoms with Crippen LogP contribution in [0.15, 0.2) is 0 Å². The van der Waals surface area contributed by atoms with Gasteiger partial charge in [-0.3, -0.25) is 9.59 Å². The van der Waals surface area contributed by atoms with Gasteiger partial charge in [-0.25, -0.2) is 0 Å². The summed E-state index contributed by atoms with van der Waals surface area (Å²) < 4.78 is 0. The van der Waals surface area contributed by atoms with Gasteiger partial charge < -0.3 is 16.4 Å². The number of hydrogen-bond donors (Lipinski definition) is 3. The average Bonchev–Trinajstić information content (AvgIpc) is 2.42. The van der Waals surface area contributed by atoms with E-state index >= 15 is 0 Å². The Kier molecular flexibility index (Phi) is 7.23. The maximum absolute atomic E-state index is 11.6. The van der Waals surface area contributed by atoms with Crippen LogP contribution in [0.2, 0.25) is 0 Å². The van der Waals surface area contributed by atoms with Gasteiger partial charge in [0.05, 0.1) is 12.6 Å². The molecular weight excluding hydrogens is 262 g/mol. The SMILES string of the molecule is CC(C)[C@H](N)C(=O)NCC(=O)NCC1CCSCC1. The molecule has 0 aromatic carbocycles. The van der Waals surface area contributed by atoms with E-state index in [0.717, 1.165) is 12.8 Å². The third kappa shape index (κ3) is 6.29. The van der Waals surface area contributed by atoms with Crippen molar-refractivity contribution in [3.63, 3.8) is 0 Å². The Labute approximate surface area is 119 Å². The standard InChI is InChI=1S/C13H25N3O2S/c1-9(2)12(14)13(18)16-8-11(17)15-7-10-3-5-19-6-4-10/h9-10,12H,3-8,14H2,1-2H3,(H,15,17)(H,16,18)/t12-/m0/s1. The highest BCUT2D eigenvalue weighted by atomic mass is 32.2. The molecule has 6 heteroatoms. The number of amides is 2. The van der Waals surface area contributed by atoms with E-state index < -0.39 is 6.04 Å². The summed E-state index contributed by atoms with van der Waals surface area (Å²) in [4.78, 5) is 23.2. The van der Waals surface area contributed by atoms with Crippen LogP contribution in [0.1, 0.15) is 26.7 Å². The Morgan fingerprint density at radius 2 is 1.89 bits per heavy atom. The van der Waals surface area contributed by atoms with Gasteiger partial charge >= 0.3 is 0 Å². The Morgan fingerprint density at radius 3 is 2.47 bits per heavy atom. The lowest BCUT2D eigenvalue weighted by molar-refractivity contribution is -0.127. The number of carbonyl (C=O) groups is 2. The summed E-state index contributed by atoms with van der Waals surface area (Å²) in [6.45, 7) is 4.49. The molecule has 0 bridgehead atoms. The Bertz CT molecular complexity index is 304. The lowest BCUT2D eigenvalue weighted by Gasteiger charge is -2.21. The van der Waals surface area contributed by atoms with Gasteiger partial charge in [-0.05, 0) is 36.2 Å². The average molecular weight is 287 g/mol. The Morgan fingerprint density at radius 1 is 1.26 bits per heavy atom. The Hall–Kier alpha value is -0.750. The van der Waals surface area contributed by atoms with Crippen LogP contribution in [0.25, 0.3) is 0 Å². The van der Waals surface area contributed by atoms with Crippen molar-refractivity contribution in [2.75, 3.05) is 24.6 Å². The predicted molar refractivity (Wildman–Crippen MR) is 78.9 cm³/mol. The van der Waals surface area contributed by atoms with Gasteiger partial charge in [0.2, 0.25) is 11.8 Å². The molecule has 19 heavy (non-hydrogen) atoms. The molecule has 0 saturated carbocycles. The summed E-state index contributed by atoms with van der Waals surface area (Å²) in [5, 5.41) is 5.44. The van der Waals surface area contributed by atoms with Crippen molar-refractivity contribution in [1.82, 2.24) is 10.6 Å². The molecule has 1 aliphatic heterocycles. The molecule has 0 aromatic rings. The van der Waals surface area contributed by atoms with Crippen molar-refractivity contribution in [1.29, 1.82) is 0 Å². The van der Waals surface area contributed by atoms with Gasteiger partial charge in [0.15, 0.2) is 0 Å². The molecular formula is C13H25N3O2S. The first-order chi connectivity index (χ1) is 9.00. The number of nitrogens with two attached hydrogens (primary N) is 1. The van der Waals surface area contributed by atoms with E-state index in [9.17, 15) is 9.59 Å². The Balaban J connectivity index is 2.15. The highest BCUT2D eigenvalue weighted by Gasteiger charge is 2.18. The van der Waals surface area contributed by atoms with Crippen LogP contribution in [0.4, 0.5) is 0 Å². The van der Waals surface area contributed by atoms with Crippen LogP contribution in [0.5, 0.6) is 0 Å². The van der Waals surface area contributed by atoms with Crippen molar-refractivity contribution in [3.05, 3.63) is 0 Å². The van der Waals surface area contributed by atoms with E-state index in [1.165, 1.54) is 11.5 Å². The molecule has 2 amide bonds. The predicted octanol–water partition coefficient (Wildman–Crippen LogP) is 0.345. The zero-order valence-electron chi connectivity index (χ0n) is 11.8. The van der Waals surface area contributed by atoms with Gasteiger partial charge in [0.25, 0.3) is 0 Å². The maximum atomic E-state index is 11.6. The van der Waals surface area contributed by atoms with Gasteiger partial charge in [-0.1, -0.05) is 13.8 Å². The second-order valence-electron chi connectivity index (χ2n) is 5.35. The quantitative estimate of drug-likeness (QED) is 0.658. The summed E-state index contributed by atoms with van der Waals surface area (Å²) in [6.07, 6.45) is 2.32. The molecule has 0 unspecified atom stereocenters. The molecule has 1 fully saturated rings. The van der Waals surface area contributed by atoms with Crippen molar-refractivity contribution in [2.24, 2.45) is 17.6 Å². The largest absolute Gasteiger partial charge is 0.354 e. The van der Waals surface area contributed by atoms with E-state index in [4.69, 9.17) is 5.73 Å². The molecule has 4 N–H and O–H groups in total. The third-order valence-corrected chi connectivity index (χ3v) is 4.42. The maximum Gasteiger partial charge on any atom is 0.239 e. The monoisotopic (exact) mass is 287 g/mol. The molecule has 110 valence electrons. The summed E-state index contributed by atoms with van der Waals surface area (Å²) in [6, 6.07) is -0.553. The van der Waals surface area contributed by atoms with Crippen LogP contribution in [0.3, 0.4) is 0 Å². The van der Waals surface area contributed by atoms with Crippen LogP contribution in [-0.4, -0.2) is 42.5 Å². The minimum Gasteiger partial charge on any atom is -0.354 e. The molecule has 0 radical (unpaired) electrons. The fraction of sp³-hybridized carbons (Fsp3) is 0.846. The summed E-state index contributed by atoms with van der Waals surface area (Å²) in [5.41, 5.74) is 5.69. The van der Waals surface area contributed by atoms with Gasteiger partial charge in [-0.2, -0.15) is 11.8 Å². The molecule has 1 saturated heterocycles. The van der Waals surface area contributed by atoms with E-state index in [1.54, 1.807) is 0 Å². The molecule has 1 atom stereocenters. The summed E-state index contributed by atoms with van der Waals surface area (Å²) >= 11 is 1.97. The van der Waals surface area contributed by atoms with Crippen molar-refractivity contribution in [2.45, 2.75) is 32.7 Å². The zero-order chi connectivity index (χ0) is 14.3. The van der Waals surface area contributed by atoms with Crippen LogP contribution in [0, 0.1) is 11.8 Å². The second-order valence-corrected chi connectivity index (χ2v) is 6.57. The number of hydrogen-bond acceptors (Lipinski definition) is 4. The third-order valence-electron chi connectivity index (χ3n) is 3.37. The van der Waals surface area contributed by atoms with Gasteiger partial charge in [0, 0.05) is 6.54 Å². The molecule has 5 nitrogen and oxygen atoms in total. The molecule has 0 aliphatic carbocycles. The highest BCUT2D eigenvalue weighted by Crippen LogP contribution is 2.21. The molecule has 1 rings (SSSR count). The van der Waals surface area contributed by atoms with Gasteiger partial charge in [0.1, 0.15) is 0 Å². The second kappa shape index (κ2) is 8.43. The first-order valence-corrected chi connectivity index (χ1v) is 8.04. The van der Waals surface area contributed by atoms with E-state index in [0.29, 0.717) is 12.5 Å². The number of carbonyl (C=O) groups excluding carboxylic acids is 2. The number of nitrogens with one attached hydrogen (secondary N) is 2.